The van der Waals surface area contributed by atoms with Crippen LogP contribution in [-0.4, -0.2) is 31.2 Å². The maximum atomic E-state index is 8.73. The van der Waals surface area contributed by atoms with Crippen molar-refractivity contribution in [2.24, 2.45) is 0 Å². The van der Waals surface area contributed by atoms with Gasteiger partial charge in [0, 0.05) is 19.8 Å². The summed E-state index contributed by atoms with van der Waals surface area (Å²) < 4.78 is 12.2. The van der Waals surface area contributed by atoms with Crippen molar-refractivity contribution in [1.82, 2.24) is 0 Å². The van der Waals surface area contributed by atoms with Crippen molar-refractivity contribution >= 4 is 0 Å². The number of hydrogen-bond acceptors (Lipinski definition) is 3. The maximum absolute atomic E-state index is 8.73. The summed E-state index contributed by atoms with van der Waals surface area (Å²) in [7, 11) is 0. The molecule has 0 aliphatic heterocycles. The Morgan fingerprint density at radius 3 is 1.47 bits per heavy atom. The van der Waals surface area contributed by atoms with Crippen LogP contribution in [-0.2, 0) is 9.47 Å². The number of rotatable bonds is 27. The number of aliphatic hydroxyl groups excluding tert-OH is 1. The SMILES string of the molecule is CCCCCCOC(CCCCCCCCCCCC/C=C/CCO)OCCCCCC. The van der Waals surface area contributed by atoms with Gasteiger partial charge in [0.2, 0.25) is 0 Å². The Hall–Kier alpha value is -0.380. The zero-order valence-electron chi connectivity index (χ0n) is 22.0. The van der Waals surface area contributed by atoms with Gasteiger partial charge in [0.05, 0.1) is 0 Å². The van der Waals surface area contributed by atoms with E-state index in [1.807, 2.05) is 0 Å². The highest BCUT2D eigenvalue weighted by molar-refractivity contribution is 4.80. The fraction of sp³-hybridized carbons (Fsp3) is 0.931. The summed E-state index contributed by atoms with van der Waals surface area (Å²) in [5.41, 5.74) is 0. The fourth-order valence-electron chi connectivity index (χ4n) is 4.00. The normalized spacial score (nSPS) is 11.9. The van der Waals surface area contributed by atoms with E-state index in [-0.39, 0.29) is 12.9 Å². The van der Waals surface area contributed by atoms with Crippen molar-refractivity contribution in [1.29, 1.82) is 0 Å². The third-order valence-corrected chi connectivity index (χ3v) is 6.13. The highest BCUT2D eigenvalue weighted by Crippen LogP contribution is 2.15. The Morgan fingerprint density at radius 2 is 0.969 bits per heavy atom. The summed E-state index contributed by atoms with van der Waals surface area (Å²) >= 11 is 0. The minimum Gasteiger partial charge on any atom is -0.396 e. The predicted molar refractivity (Wildman–Crippen MR) is 140 cm³/mol. The van der Waals surface area contributed by atoms with Gasteiger partial charge in [-0.05, 0) is 44.9 Å². The van der Waals surface area contributed by atoms with Crippen LogP contribution in [0.4, 0.5) is 0 Å². The number of unbranched alkanes of at least 4 members (excludes halogenated alkanes) is 16. The summed E-state index contributed by atoms with van der Waals surface area (Å²) in [5.74, 6) is 0. The van der Waals surface area contributed by atoms with Gasteiger partial charge in [0.1, 0.15) is 0 Å². The molecule has 0 spiro atoms. The summed E-state index contributed by atoms with van der Waals surface area (Å²) in [6, 6.07) is 0. The van der Waals surface area contributed by atoms with Gasteiger partial charge in [-0.15, -0.1) is 0 Å². The van der Waals surface area contributed by atoms with E-state index in [4.69, 9.17) is 14.6 Å². The second-order valence-corrected chi connectivity index (χ2v) is 9.39. The molecule has 0 fully saturated rings. The van der Waals surface area contributed by atoms with Gasteiger partial charge in [-0.1, -0.05) is 116 Å². The van der Waals surface area contributed by atoms with Crippen LogP contribution in [0.3, 0.4) is 0 Å². The molecule has 1 N–H and O–H groups in total. The van der Waals surface area contributed by atoms with Crippen LogP contribution >= 0.6 is 0 Å². The van der Waals surface area contributed by atoms with E-state index >= 15 is 0 Å². The van der Waals surface area contributed by atoms with Crippen molar-refractivity contribution in [3.63, 3.8) is 0 Å². The van der Waals surface area contributed by atoms with Crippen molar-refractivity contribution in [2.75, 3.05) is 19.8 Å². The lowest BCUT2D eigenvalue weighted by Crippen LogP contribution is -2.19. The molecule has 0 aromatic heterocycles. The first kappa shape index (κ1) is 31.6. The van der Waals surface area contributed by atoms with Gasteiger partial charge in [-0.25, -0.2) is 0 Å². The highest BCUT2D eigenvalue weighted by atomic mass is 16.7. The van der Waals surface area contributed by atoms with Crippen molar-refractivity contribution in [3.05, 3.63) is 12.2 Å². The molecule has 0 saturated carbocycles. The lowest BCUT2D eigenvalue weighted by atomic mass is 10.0. The van der Waals surface area contributed by atoms with E-state index in [9.17, 15) is 0 Å². The lowest BCUT2D eigenvalue weighted by molar-refractivity contribution is -0.148. The van der Waals surface area contributed by atoms with Crippen LogP contribution in [0.15, 0.2) is 12.2 Å². The topological polar surface area (TPSA) is 38.7 Å². The van der Waals surface area contributed by atoms with Crippen LogP contribution in [0, 0.1) is 0 Å². The molecule has 0 bridgehead atoms. The average molecular weight is 455 g/mol. The molecule has 0 aromatic carbocycles. The first-order valence-corrected chi connectivity index (χ1v) is 14.3. The highest BCUT2D eigenvalue weighted by Gasteiger charge is 2.09. The molecule has 0 aliphatic carbocycles. The quantitative estimate of drug-likeness (QED) is 0.0763. The van der Waals surface area contributed by atoms with Gasteiger partial charge in [0.25, 0.3) is 0 Å². The lowest BCUT2D eigenvalue weighted by Gasteiger charge is -2.19. The van der Waals surface area contributed by atoms with E-state index in [0.717, 1.165) is 26.1 Å². The molecule has 0 aromatic rings. The summed E-state index contributed by atoms with van der Waals surface area (Å²) in [4.78, 5) is 0. The third-order valence-electron chi connectivity index (χ3n) is 6.13. The van der Waals surface area contributed by atoms with Gasteiger partial charge in [0.15, 0.2) is 6.29 Å². The number of ether oxygens (including phenoxy) is 2. The Kier molecular flexibility index (Phi) is 28.3. The molecular formula is C29H58O3. The van der Waals surface area contributed by atoms with Crippen LogP contribution in [0.25, 0.3) is 0 Å². The van der Waals surface area contributed by atoms with Crippen molar-refractivity contribution < 1.29 is 14.6 Å². The van der Waals surface area contributed by atoms with E-state index < -0.39 is 0 Å². The van der Waals surface area contributed by atoms with Crippen molar-refractivity contribution in [3.8, 4) is 0 Å². The Bertz CT molecular complexity index is 342. The minimum atomic E-state index is 0.0248. The molecule has 32 heavy (non-hydrogen) atoms. The third kappa shape index (κ3) is 25.9. The van der Waals surface area contributed by atoms with E-state index in [2.05, 4.69) is 26.0 Å². The first-order chi connectivity index (χ1) is 15.8. The summed E-state index contributed by atoms with van der Waals surface area (Å²) in [6.07, 6.45) is 30.9. The molecule has 0 aliphatic rings. The molecule has 0 heterocycles. The first-order valence-electron chi connectivity index (χ1n) is 14.3. The molecule has 3 heteroatoms. The molecule has 0 unspecified atom stereocenters. The Labute approximate surface area is 201 Å². The predicted octanol–water partition coefficient (Wildman–Crippen LogP) is 9.13. The van der Waals surface area contributed by atoms with Crippen LogP contribution in [0.2, 0.25) is 0 Å². The zero-order valence-corrected chi connectivity index (χ0v) is 22.0. The smallest absolute Gasteiger partial charge is 0.157 e. The second kappa shape index (κ2) is 28.7. The average Bonchev–Trinajstić information content (AvgIpc) is 2.80. The number of allylic oxidation sites excluding steroid dienone is 1. The molecular weight excluding hydrogens is 396 g/mol. The largest absolute Gasteiger partial charge is 0.396 e. The van der Waals surface area contributed by atoms with E-state index in [1.165, 1.54) is 122 Å². The number of aliphatic hydroxyl groups is 1. The fourth-order valence-corrected chi connectivity index (χ4v) is 4.00. The van der Waals surface area contributed by atoms with Gasteiger partial charge >= 0.3 is 0 Å². The minimum absolute atomic E-state index is 0.0248. The standard InChI is InChI=1S/C29H58O3/c1-3-5-7-23-27-31-29(32-28-24-8-6-4-2)25-21-19-17-15-13-11-9-10-12-14-16-18-20-22-26-30/h18,20,29-30H,3-17,19,21-28H2,1-2H3/b20-18+. The monoisotopic (exact) mass is 454 g/mol. The van der Waals surface area contributed by atoms with Gasteiger partial charge < -0.3 is 14.6 Å². The van der Waals surface area contributed by atoms with Gasteiger partial charge in [-0.2, -0.15) is 0 Å². The zero-order chi connectivity index (χ0) is 23.4. The molecule has 0 amide bonds. The maximum Gasteiger partial charge on any atom is 0.157 e. The summed E-state index contributed by atoms with van der Waals surface area (Å²) in [6.45, 7) is 6.50. The second-order valence-electron chi connectivity index (χ2n) is 9.39. The molecule has 0 saturated heterocycles. The molecule has 192 valence electrons. The van der Waals surface area contributed by atoms with Crippen LogP contribution < -0.4 is 0 Å². The van der Waals surface area contributed by atoms with E-state index in [0.29, 0.717) is 0 Å². The molecule has 0 rings (SSSR count). The number of hydrogen-bond donors (Lipinski definition) is 1. The van der Waals surface area contributed by atoms with Gasteiger partial charge in [-0.3, -0.25) is 0 Å². The van der Waals surface area contributed by atoms with Crippen LogP contribution in [0.1, 0.15) is 149 Å². The van der Waals surface area contributed by atoms with Crippen molar-refractivity contribution in [2.45, 2.75) is 155 Å². The van der Waals surface area contributed by atoms with Crippen LogP contribution in [0.5, 0.6) is 0 Å². The Morgan fingerprint density at radius 1 is 0.531 bits per heavy atom. The molecule has 0 atom stereocenters. The van der Waals surface area contributed by atoms with E-state index in [1.54, 1.807) is 0 Å². The Balaban J connectivity index is 3.60. The summed E-state index contributed by atoms with van der Waals surface area (Å²) in [5, 5.41) is 8.73. The molecule has 0 radical (unpaired) electrons. The molecule has 3 nitrogen and oxygen atoms in total.